The summed E-state index contributed by atoms with van der Waals surface area (Å²) in [6.45, 7) is 6.22. The molecule has 0 radical (unpaired) electrons. The lowest BCUT2D eigenvalue weighted by Gasteiger charge is -2.21. The van der Waals surface area contributed by atoms with Gasteiger partial charge < -0.3 is 5.32 Å². The van der Waals surface area contributed by atoms with E-state index < -0.39 is 10.7 Å². The number of halogens is 1. The van der Waals surface area contributed by atoms with Gasteiger partial charge in [-0.1, -0.05) is 33.3 Å². The number of benzene rings is 1. The summed E-state index contributed by atoms with van der Waals surface area (Å²) in [7, 11) is 0. The number of hydrogen-bond acceptors (Lipinski definition) is 3. The highest BCUT2D eigenvalue weighted by Gasteiger charge is 2.20. The minimum absolute atomic E-state index is 0.00246. The lowest BCUT2D eigenvalue weighted by molar-refractivity contribution is -0.384. The maximum atomic E-state index is 13.8. The highest BCUT2D eigenvalue weighted by Crippen LogP contribution is 2.29. The number of anilines is 1. The number of nitro groups is 1. The Morgan fingerprint density at radius 3 is 2.58 bits per heavy atom. The van der Waals surface area contributed by atoms with Crippen LogP contribution in [0.5, 0.6) is 0 Å². The topological polar surface area (TPSA) is 55.2 Å². The summed E-state index contributed by atoms with van der Waals surface area (Å²) in [5, 5.41) is 13.9. The first-order valence-corrected chi connectivity index (χ1v) is 6.68. The molecule has 1 aromatic rings. The van der Waals surface area contributed by atoms with Crippen molar-refractivity contribution in [3.05, 3.63) is 34.1 Å². The SMILES string of the molecule is CCC(C)CC(CC)Nc1c(F)cccc1[N+](=O)[O-]. The molecular weight excluding hydrogens is 247 g/mol. The third-order valence-corrected chi connectivity index (χ3v) is 3.41. The summed E-state index contributed by atoms with van der Waals surface area (Å²) in [5.74, 6) is -0.0694. The largest absolute Gasteiger partial charge is 0.374 e. The first-order valence-electron chi connectivity index (χ1n) is 6.68. The molecule has 0 amide bonds. The molecule has 0 aliphatic carbocycles. The molecule has 19 heavy (non-hydrogen) atoms. The van der Waals surface area contributed by atoms with E-state index in [1.165, 1.54) is 18.2 Å². The van der Waals surface area contributed by atoms with Gasteiger partial charge in [-0.3, -0.25) is 10.1 Å². The van der Waals surface area contributed by atoms with Gasteiger partial charge in [-0.05, 0) is 24.8 Å². The standard InChI is InChI=1S/C14H21FN2O2/c1-4-10(3)9-11(5-2)16-14-12(15)7-6-8-13(14)17(18)19/h6-8,10-11,16H,4-5,9H2,1-3H3. The summed E-state index contributed by atoms with van der Waals surface area (Å²) < 4.78 is 13.8. The average molecular weight is 268 g/mol. The first kappa shape index (κ1) is 15.4. The van der Waals surface area contributed by atoms with Crippen molar-refractivity contribution in [1.82, 2.24) is 0 Å². The Balaban J connectivity index is 2.93. The third kappa shape index (κ3) is 4.19. The van der Waals surface area contributed by atoms with E-state index >= 15 is 0 Å². The number of nitrogens with one attached hydrogen (secondary N) is 1. The maximum absolute atomic E-state index is 13.8. The fraction of sp³-hybridized carbons (Fsp3) is 0.571. The van der Waals surface area contributed by atoms with Gasteiger partial charge in [-0.25, -0.2) is 4.39 Å². The number of nitro benzene ring substituents is 1. The Hall–Kier alpha value is -1.65. The van der Waals surface area contributed by atoms with Crippen LogP contribution >= 0.6 is 0 Å². The van der Waals surface area contributed by atoms with E-state index in [-0.39, 0.29) is 17.4 Å². The highest BCUT2D eigenvalue weighted by molar-refractivity contribution is 5.62. The van der Waals surface area contributed by atoms with Gasteiger partial charge >= 0.3 is 0 Å². The van der Waals surface area contributed by atoms with Crippen LogP contribution in [0.3, 0.4) is 0 Å². The molecule has 0 heterocycles. The average Bonchev–Trinajstić information content (AvgIpc) is 2.39. The Labute approximate surface area is 113 Å². The zero-order valence-electron chi connectivity index (χ0n) is 11.6. The van der Waals surface area contributed by atoms with Crippen LogP contribution in [0.15, 0.2) is 18.2 Å². The molecule has 0 aromatic heterocycles. The second-order valence-electron chi connectivity index (χ2n) is 4.89. The van der Waals surface area contributed by atoms with Crippen LogP contribution in [-0.4, -0.2) is 11.0 Å². The van der Waals surface area contributed by atoms with Crippen LogP contribution in [0.4, 0.5) is 15.8 Å². The van der Waals surface area contributed by atoms with Gasteiger partial charge in [0.2, 0.25) is 0 Å². The predicted molar refractivity (Wildman–Crippen MR) is 74.8 cm³/mol. The van der Waals surface area contributed by atoms with Gasteiger partial charge in [0.15, 0.2) is 5.82 Å². The van der Waals surface area contributed by atoms with E-state index in [1.807, 2.05) is 6.92 Å². The van der Waals surface area contributed by atoms with Crippen molar-refractivity contribution in [2.45, 2.75) is 46.1 Å². The maximum Gasteiger partial charge on any atom is 0.295 e. The van der Waals surface area contributed by atoms with Crippen molar-refractivity contribution in [3.8, 4) is 0 Å². The highest BCUT2D eigenvalue weighted by atomic mass is 19.1. The minimum Gasteiger partial charge on any atom is -0.374 e. The molecule has 1 N–H and O–H groups in total. The monoisotopic (exact) mass is 268 g/mol. The number of rotatable bonds is 7. The zero-order valence-corrected chi connectivity index (χ0v) is 11.6. The summed E-state index contributed by atoms with van der Waals surface area (Å²) in [4.78, 5) is 10.4. The molecular formula is C14H21FN2O2. The van der Waals surface area contributed by atoms with Crippen LogP contribution in [-0.2, 0) is 0 Å². The third-order valence-electron chi connectivity index (χ3n) is 3.41. The van der Waals surface area contributed by atoms with Gasteiger partial charge in [-0.2, -0.15) is 0 Å². The second-order valence-corrected chi connectivity index (χ2v) is 4.89. The quantitative estimate of drug-likeness (QED) is 0.590. The van der Waals surface area contributed by atoms with E-state index in [9.17, 15) is 14.5 Å². The Morgan fingerprint density at radius 1 is 1.37 bits per heavy atom. The molecule has 0 saturated carbocycles. The molecule has 2 atom stereocenters. The molecule has 0 bridgehead atoms. The second kappa shape index (κ2) is 7.07. The summed E-state index contributed by atoms with van der Waals surface area (Å²) in [6.07, 6.45) is 2.71. The number of para-hydroxylation sites is 1. The van der Waals surface area contributed by atoms with Gasteiger partial charge in [-0.15, -0.1) is 0 Å². The van der Waals surface area contributed by atoms with Crippen molar-refractivity contribution in [3.63, 3.8) is 0 Å². The number of nitrogens with zero attached hydrogens (tertiary/aromatic N) is 1. The lowest BCUT2D eigenvalue weighted by Crippen LogP contribution is -2.22. The first-order chi connectivity index (χ1) is 8.99. The van der Waals surface area contributed by atoms with Crippen molar-refractivity contribution >= 4 is 11.4 Å². The van der Waals surface area contributed by atoms with Crippen molar-refractivity contribution in [1.29, 1.82) is 0 Å². The van der Waals surface area contributed by atoms with Gasteiger partial charge in [0.25, 0.3) is 5.69 Å². The normalized spacial score (nSPS) is 13.9. The molecule has 1 aromatic carbocycles. The van der Waals surface area contributed by atoms with Crippen LogP contribution in [0, 0.1) is 21.8 Å². The minimum atomic E-state index is -0.572. The molecule has 0 aliphatic heterocycles. The van der Waals surface area contributed by atoms with E-state index in [4.69, 9.17) is 0 Å². The Morgan fingerprint density at radius 2 is 2.05 bits per heavy atom. The van der Waals surface area contributed by atoms with Crippen LogP contribution in [0.2, 0.25) is 0 Å². The molecule has 0 aliphatic rings. The van der Waals surface area contributed by atoms with Crippen LogP contribution in [0.25, 0.3) is 0 Å². The van der Waals surface area contributed by atoms with Gasteiger partial charge in [0.05, 0.1) is 4.92 Å². The summed E-state index contributed by atoms with van der Waals surface area (Å²) in [6, 6.07) is 3.96. The lowest BCUT2D eigenvalue weighted by atomic mass is 9.97. The van der Waals surface area contributed by atoms with Gasteiger partial charge in [0, 0.05) is 12.1 Å². The molecule has 2 unspecified atom stereocenters. The Bertz CT molecular complexity index is 437. The summed E-state index contributed by atoms with van der Waals surface area (Å²) in [5.41, 5.74) is -0.203. The van der Waals surface area contributed by atoms with E-state index in [1.54, 1.807) is 0 Å². The Kier molecular flexibility index (Phi) is 5.73. The number of hydrogen-bond donors (Lipinski definition) is 1. The van der Waals surface area contributed by atoms with Crippen LogP contribution in [0.1, 0.15) is 40.0 Å². The molecule has 1 rings (SSSR count). The molecule has 106 valence electrons. The molecule has 0 spiro atoms. The van der Waals surface area contributed by atoms with Crippen LogP contribution < -0.4 is 5.32 Å². The molecule has 4 nitrogen and oxygen atoms in total. The zero-order chi connectivity index (χ0) is 14.4. The van der Waals surface area contributed by atoms with Crippen molar-refractivity contribution < 1.29 is 9.31 Å². The van der Waals surface area contributed by atoms with E-state index in [0.717, 1.165) is 19.3 Å². The molecule has 0 saturated heterocycles. The van der Waals surface area contributed by atoms with Crippen molar-refractivity contribution in [2.75, 3.05) is 5.32 Å². The smallest absolute Gasteiger partial charge is 0.295 e. The predicted octanol–water partition coefficient (Wildman–Crippen LogP) is 4.36. The van der Waals surface area contributed by atoms with E-state index in [2.05, 4.69) is 19.2 Å². The fourth-order valence-corrected chi connectivity index (χ4v) is 1.99. The molecule has 0 fully saturated rings. The summed E-state index contributed by atoms with van der Waals surface area (Å²) >= 11 is 0. The molecule has 5 heteroatoms. The van der Waals surface area contributed by atoms with Gasteiger partial charge in [0.1, 0.15) is 5.69 Å². The van der Waals surface area contributed by atoms with Crippen molar-refractivity contribution in [2.24, 2.45) is 5.92 Å². The van der Waals surface area contributed by atoms with E-state index in [0.29, 0.717) is 5.92 Å². The fourth-order valence-electron chi connectivity index (χ4n) is 1.99.